The standard InChI is InChI=1S/C11H15N5/c1-3-9(11-12-4-5-13-11)15-10-6-8(2)7-14-16-10/h4-7,9H,3H2,1-2H3,(H,12,13)(H,15,16). The molecule has 5 heteroatoms. The Morgan fingerprint density at radius 1 is 1.50 bits per heavy atom. The van der Waals surface area contributed by atoms with Gasteiger partial charge in [-0.2, -0.15) is 5.10 Å². The van der Waals surface area contributed by atoms with Crippen LogP contribution < -0.4 is 5.32 Å². The summed E-state index contributed by atoms with van der Waals surface area (Å²) in [5, 5.41) is 11.2. The molecule has 2 aromatic rings. The van der Waals surface area contributed by atoms with Crippen molar-refractivity contribution in [1.29, 1.82) is 0 Å². The van der Waals surface area contributed by atoms with Crippen LogP contribution in [0.25, 0.3) is 0 Å². The predicted octanol–water partition coefficient (Wildman–Crippen LogP) is 2.07. The molecule has 2 aromatic heterocycles. The van der Waals surface area contributed by atoms with E-state index in [0.29, 0.717) is 0 Å². The summed E-state index contributed by atoms with van der Waals surface area (Å²) < 4.78 is 0. The number of aryl methyl sites for hydroxylation is 1. The van der Waals surface area contributed by atoms with Crippen molar-refractivity contribution < 1.29 is 0 Å². The van der Waals surface area contributed by atoms with Crippen molar-refractivity contribution in [3.8, 4) is 0 Å². The largest absolute Gasteiger partial charge is 0.359 e. The van der Waals surface area contributed by atoms with Crippen LogP contribution in [0.2, 0.25) is 0 Å². The van der Waals surface area contributed by atoms with E-state index in [1.807, 2.05) is 19.2 Å². The normalized spacial score (nSPS) is 12.4. The monoisotopic (exact) mass is 217 g/mol. The van der Waals surface area contributed by atoms with E-state index in [0.717, 1.165) is 23.6 Å². The number of aromatic amines is 1. The highest BCUT2D eigenvalue weighted by Crippen LogP contribution is 2.17. The van der Waals surface area contributed by atoms with Crippen molar-refractivity contribution >= 4 is 5.82 Å². The van der Waals surface area contributed by atoms with Gasteiger partial charge in [-0.3, -0.25) is 0 Å². The summed E-state index contributed by atoms with van der Waals surface area (Å²) in [6.45, 7) is 4.09. The lowest BCUT2D eigenvalue weighted by Gasteiger charge is -2.14. The Balaban J connectivity index is 2.13. The molecule has 0 fully saturated rings. The first-order valence-electron chi connectivity index (χ1n) is 5.34. The molecule has 0 spiro atoms. The first-order valence-corrected chi connectivity index (χ1v) is 5.34. The Labute approximate surface area is 94.3 Å². The Kier molecular flexibility index (Phi) is 3.14. The second-order valence-corrected chi connectivity index (χ2v) is 3.70. The van der Waals surface area contributed by atoms with E-state index >= 15 is 0 Å². The van der Waals surface area contributed by atoms with Gasteiger partial charge in [0.05, 0.1) is 12.2 Å². The van der Waals surface area contributed by atoms with Gasteiger partial charge in [0.25, 0.3) is 0 Å². The van der Waals surface area contributed by atoms with E-state index < -0.39 is 0 Å². The first kappa shape index (κ1) is 10.6. The number of nitrogens with zero attached hydrogens (tertiary/aromatic N) is 3. The summed E-state index contributed by atoms with van der Waals surface area (Å²) in [4.78, 5) is 7.34. The van der Waals surface area contributed by atoms with Crippen LogP contribution in [-0.2, 0) is 0 Å². The number of H-pyrrole nitrogens is 1. The van der Waals surface area contributed by atoms with Crippen LogP contribution in [0.5, 0.6) is 0 Å². The fraction of sp³-hybridized carbons (Fsp3) is 0.364. The van der Waals surface area contributed by atoms with E-state index in [1.165, 1.54) is 0 Å². The van der Waals surface area contributed by atoms with E-state index in [4.69, 9.17) is 0 Å². The quantitative estimate of drug-likeness (QED) is 0.822. The second kappa shape index (κ2) is 4.74. The number of hydrogen-bond acceptors (Lipinski definition) is 4. The van der Waals surface area contributed by atoms with Gasteiger partial charge in [-0.05, 0) is 25.0 Å². The number of nitrogens with one attached hydrogen (secondary N) is 2. The maximum absolute atomic E-state index is 4.24. The van der Waals surface area contributed by atoms with E-state index in [-0.39, 0.29) is 6.04 Å². The predicted molar refractivity (Wildman–Crippen MR) is 62.0 cm³/mol. The first-order chi connectivity index (χ1) is 7.79. The number of imidazole rings is 1. The summed E-state index contributed by atoms with van der Waals surface area (Å²) in [6.07, 6.45) is 6.24. The third kappa shape index (κ3) is 2.36. The number of rotatable bonds is 4. The van der Waals surface area contributed by atoms with Crippen LogP contribution in [0.3, 0.4) is 0 Å². The van der Waals surface area contributed by atoms with Gasteiger partial charge >= 0.3 is 0 Å². The van der Waals surface area contributed by atoms with Gasteiger partial charge in [-0.25, -0.2) is 4.98 Å². The summed E-state index contributed by atoms with van der Waals surface area (Å²) >= 11 is 0. The average Bonchev–Trinajstić information content (AvgIpc) is 2.79. The smallest absolute Gasteiger partial charge is 0.149 e. The molecule has 2 rings (SSSR count). The average molecular weight is 217 g/mol. The highest BCUT2D eigenvalue weighted by Gasteiger charge is 2.11. The molecule has 0 saturated heterocycles. The van der Waals surface area contributed by atoms with Gasteiger partial charge in [0, 0.05) is 12.4 Å². The molecule has 0 aliphatic heterocycles. The molecule has 0 radical (unpaired) electrons. The van der Waals surface area contributed by atoms with Gasteiger partial charge in [0.2, 0.25) is 0 Å². The number of hydrogen-bond donors (Lipinski definition) is 2. The van der Waals surface area contributed by atoms with Crippen molar-refractivity contribution in [1.82, 2.24) is 20.2 Å². The van der Waals surface area contributed by atoms with Gasteiger partial charge in [-0.1, -0.05) is 6.92 Å². The van der Waals surface area contributed by atoms with Crippen molar-refractivity contribution in [2.45, 2.75) is 26.3 Å². The lowest BCUT2D eigenvalue weighted by atomic mass is 10.2. The van der Waals surface area contributed by atoms with Gasteiger partial charge < -0.3 is 10.3 Å². The Bertz CT molecular complexity index is 437. The molecule has 0 saturated carbocycles. The molecule has 1 unspecified atom stereocenters. The van der Waals surface area contributed by atoms with Crippen molar-refractivity contribution in [3.63, 3.8) is 0 Å². The third-order valence-electron chi connectivity index (χ3n) is 2.37. The fourth-order valence-corrected chi connectivity index (χ4v) is 1.54. The van der Waals surface area contributed by atoms with E-state index in [2.05, 4.69) is 32.4 Å². The van der Waals surface area contributed by atoms with Crippen LogP contribution in [0.15, 0.2) is 24.7 Å². The minimum Gasteiger partial charge on any atom is -0.359 e. The number of anilines is 1. The Morgan fingerprint density at radius 3 is 3.00 bits per heavy atom. The summed E-state index contributed by atoms with van der Waals surface area (Å²) in [7, 11) is 0. The molecule has 84 valence electrons. The zero-order valence-electron chi connectivity index (χ0n) is 9.44. The maximum atomic E-state index is 4.24. The lowest BCUT2D eigenvalue weighted by molar-refractivity contribution is 0.697. The molecule has 0 bridgehead atoms. The van der Waals surface area contributed by atoms with Crippen LogP contribution in [0.1, 0.15) is 30.8 Å². The summed E-state index contributed by atoms with van der Waals surface area (Å²) in [5.74, 6) is 1.70. The Hall–Kier alpha value is -1.91. The van der Waals surface area contributed by atoms with Crippen molar-refractivity contribution in [2.75, 3.05) is 5.32 Å². The van der Waals surface area contributed by atoms with Crippen LogP contribution in [0, 0.1) is 6.92 Å². The van der Waals surface area contributed by atoms with Gasteiger partial charge in [0.15, 0.2) is 0 Å². The van der Waals surface area contributed by atoms with Crippen LogP contribution in [0.4, 0.5) is 5.82 Å². The summed E-state index contributed by atoms with van der Waals surface area (Å²) in [6, 6.07) is 2.12. The summed E-state index contributed by atoms with van der Waals surface area (Å²) in [5.41, 5.74) is 1.09. The zero-order valence-corrected chi connectivity index (χ0v) is 9.44. The third-order valence-corrected chi connectivity index (χ3v) is 2.37. The van der Waals surface area contributed by atoms with Gasteiger partial charge in [-0.15, -0.1) is 5.10 Å². The van der Waals surface area contributed by atoms with Crippen LogP contribution >= 0.6 is 0 Å². The second-order valence-electron chi connectivity index (χ2n) is 3.70. The van der Waals surface area contributed by atoms with Crippen molar-refractivity contribution in [3.05, 3.63) is 36.0 Å². The zero-order chi connectivity index (χ0) is 11.4. The Morgan fingerprint density at radius 2 is 2.38 bits per heavy atom. The highest BCUT2D eigenvalue weighted by molar-refractivity contribution is 5.37. The van der Waals surface area contributed by atoms with Crippen LogP contribution in [-0.4, -0.2) is 20.2 Å². The molecule has 1 atom stereocenters. The molecule has 0 aliphatic rings. The lowest BCUT2D eigenvalue weighted by Crippen LogP contribution is -2.12. The SMILES string of the molecule is CCC(Nc1cc(C)cnn1)c1ncc[nH]1. The fourth-order valence-electron chi connectivity index (χ4n) is 1.54. The van der Waals surface area contributed by atoms with Crippen molar-refractivity contribution in [2.24, 2.45) is 0 Å². The molecule has 2 heterocycles. The molecular weight excluding hydrogens is 202 g/mol. The van der Waals surface area contributed by atoms with Gasteiger partial charge in [0.1, 0.15) is 11.6 Å². The minimum absolute atomic E-state index is 0.145. The molecule has 5 nitrogen and oxygen atoms in total. The topological polar surface area (TPSA) is 66.5 Å². The minimum atomic E-state index is 0.145. The number of aromatic nitrogens is 4. The molecule has 0 aliphatic carbocycles. The molecule has 2 N–H and O–H groups in total. The van der Waals surface area contributed by atoms with E-state index in [1.54, 1.807) is 12.4 Å². The maximum Gasteiger partial charge on any atom is 0.149 e. The molecule has 16 heavy (non-hydrogen) atoms. The molecular formula is C11H15N5. The molecule has 0 amide bonds. The highest BCUT2D eigenvalue weighted by atomic mass is 15.2. The molecule has 0 aromatic carbocycles. The van der Waals surface area contributed by atoms with E-state index in [9.17, 15) is 0 Å².